The molecule has 0 aliphatic rings. The second-order valence-corrected chi connectivity index (χ2v) is 5.69. The van der Waals surface area contributed by atoms with Crippen LogP contribution in [0.4, 0.5) is 27.8 Å². The normalized spacial score (nSPS) is 13.0. The summed E-state index contributed by atoms with van der Waals surface area (Å²) in [6, 6.07) is 1.94. The van der Waals surface area contributed by atoms with Crippen molar-refractivity contribution in [1.29, 1.82) is 0 Å². The fourth-order valence-electron chi connectivity index (χ4n) is 1.95. The van der Waals surface area contributed by atoms with Crippen LogP contribution in [0, 0.1) is 6.92 Å². The summed E-state index contributed by atoms with van der Waals surface area (Å²) in [5, 5.41) is 2.46. The summed E-state index contributed by atoms with van der Waals surface area (Å²) in [4.78, 5) is 11.1. The number of nitrogens with one attached hydrogen (secondary N) is 1. The zero-order chi connectivity index (χ0) is 19.5. The predicted octanol–water partition coefficient (Wildman–Crippen LogP) is 4.67. The van der Waals surface area contributed by atoms with Gasteiger partial charge in [0, 0.05) is 12.3 Å². The molecule has 0 aromatic carbocycles. The number of ether oxygens (including phenoxy) is 1. The summed E-state index contributed by atoms with van der Waals surface area (Å²) in [6.07, 6.45) is -7.23. The molecular weight excluding hydrogens is 383 g/mol. The van der Waals surface area contributed by atoms with E-state index >= 15 is 0 Å². The number of aryl methyl sites for hydroxylation is 1. The minimum atomic E-state index is -4.48. The second-order valence-electron chi connectivity index (χ2n) is 5.31. The van der Waals surface area contributed by atoms with E-state index in [9.17, 15) is 22.0 Å². The number of halogens is 6. The highest BCUT2D eigenvalue weighted by Crippen LogP contribution is 2.31. The Morgan fingerprint density at radius 2 is 1.92 bits per heavy atom. The molecule has 0 spiro atoms. The first kappa shape index (κ1) is 20.1. The predicted molar refractivity (Wildman–Crippen MR) is 84.6 cm³/mol. The van der Waals surface area contributed by atoms with Crippen LogP contribution < -0.4 is 10.1 Å². The van der Waals surface area contributed by atoms with Crippen LogP contribution in [-0.4, -0.2) is 27.6 Å². The Kier molecular flexibility index (Phi) is 6.17. The lowest BCUT2D eigenvalue weighted by atomic mass is 10.3. The van der Waals surface area contributed by atoms with Crippen LogP contribution in [0.25, 0.3) is 0 Å². The molecule has 0 amide bonds. The van der Waals surface area contributed by atoms with E-state index in [1.54, 1.807) is 6.92 Å². The van der Waals surface area contributed by atoms with Gasteiger partial charge in [0.05, 0.1) is 12.1 Å². The summed E-state index contributed by atoms with van der Waals surface area (Å²) in [7, 11) is 0. The lowest BCUT2D eigenvalue weighted by molar-refractivity contribution is -0.137. The van der Waals surface area contributed by atoms with Crippen LogP contribution in [0.2, 0.25) is 5.02 Å². The van der Waals surface area contributed by atoms with Crippen LogP contribution in [0.5, 0.6) is 5.88 Å². The Labute approximate surface area is 150 Å². The van der Waals surface area contributed by atoms with E-state index in [0.717, 1.165) is 12.1 Å². The molecule has 5 nitrogen and oxygen atoms in total. The Balaban J connectivity index is 2.00. The van der Waals surface area contributed by atoms with Gasteiger partial charge in [-0.15, -0.1) is 0 Å². The molecular formula is C15H14ClF5N4O. The van der Waals surface area contributed by atoms with Crippen LogP contribution in [0.1, 0.15) is 30.4 Å². The van der Waals surface area contributed by atoms with Gasteiger partial charge in [0.15, 0.2) is 0 Å². The summed E-state index contributed by atoms with van der Waals surface area (Å²) >= 11 is 5.85. The van der Waals surface area contributed by atoms with Crippen molar-refractivity contribution in [3.63, 3.8) is 0 Å². The zero-order valence-corrected chi connectivity index (χ0v) is 14.4. The highest BCUT2D eigenvalue weighted by molar-refractivity contribution is 6.33. The van der Waals surface area contributed by atoms with E-state index in [4.69, 9.17) is 16.3 Å². The Morgan fingerprint density at radius 1 is 1.23 bits per heavy atom. The summed E-state index contributed by atoms with van der Waals surface area (Å²) in [6.45, 7) is 3.16. The van der Waals surface area contributed by atoms with Crippen molar-refractivity contribution in [2.24, 2.45) is 0 Å². The number of hydrogen-bond donors (Lipinski definition) is 1. The fraction of sp³-hybridized carbons (Fsp3) is 0.400. The first-order chi connectivity index (χ1) is 12.1. The average Bonchev–Trinajstić information content (AvgIpc) is 2.54. The van der Waals surface area contributed by atoms with Crippen LogP contribution in [0.3, 0.4) is 0 Å². The summed E-state index contributed by atoms with van der Waals surface area (Å²) in [5.74, 6) is 0.126. The van der Waals surface area contributed by atoms with Crippen molar-refractivity contribution in [2.45, 2.75) is 32.6 Å². The summed E-state index contributed by atoms with van der Waals surface area (Å²) in [5.41, 5.74) is -1.47. The third kappa shape index (κ3) is 5.13. The fourth-order valence-corrected chi connectivity index (χ4v) is 2.18. The number of rotatable bonds is 6. The third-order valence-corrected chi connectivity index (χ3v) is 3.51. The first-order valence-electron chi connectivity index (χ1n) is 7.34. The summed E-state index contributed by atoms with van der Waals surface area (Å²) < 4.78 is 68.6. The van der Waals surface area contributed by atoms with Gasteiger partial charge in [0.25, 0.3) is 6.43 Å². The molecule has 142 valence electrons. The molecule has 0 aliphatic heterocycles. The van der Waals surface area contributed by atoms with Gasteiger partial charge in [-0.25, -0.2) is 23.7 Å². The Hall–Kier alpha value is -2.23. The third-order valence-electron chi connectivity index (χ3n) is 3.14. The lowest BCUT2D eigenvalue weighted by Crippen LogP contribution is -2.24. The molecule has 1 N–H and O–H groups in total. The molecule has 0 saturated heterocycles. The molecule has 0 saturated carbocycles. The van der Waals surface area contributed by atoms with Gasteiger partial charge in [-0.3, -0.25) is 0 Å². The van der Waals surface area contributed by atoms with Gasteiger partial charge in [0.1, 0.15) is 28.5 Å². The van der Waals surface area contributed by atoms with Gasteiger partial charge in [0.2, 0.25) is 5.88 Å². The number of anilines is 1. The average molecular weight is 397 g/mol. The van der Waals surface area contributed by atoms with Gasteiger partial charge >= 0.3 is 6.18 Å². The van der Waals surface area contributed by atoms with Crippen molar-refractivity contribution in [3.8, 4) is 5.88 Å². The molecule has 1 atom stereocenters. The van der Waals surface area contributed by atoms with Crippen molar-refractivity contribution in [2.75, 3.05) is 11.9 Å². The van der Waals surface area contributed by atoms with Crippen LogP contribution in [-0.2, 0) is 6.18 Å². The molecule has 0 fully saturated rings. The molecule has 0 bridgehead atoms. The SMILES string of the molecule is Cc1nc(NC[C@@H](C)Oc2ccc(C(F)(F)F)cn2)c(Cl)c(C(F)F)n1. The standard InChI is InChI=1S/C15H14ClF5N4O/c1-7(26-10-4-3-9(6-22-10)15(19,20)21)5-23-14-11(16)12(13(17)18)24-8(2)25-14/h3-4,6-7,13H,5H2,1-2H3,(H,23,24,25)/t7-/m1/s1. The smallest absolute Gasteiger partial charge is 0.417 e. The van der Waals surface area contributed by atoms with Crippen molar-refractivity contribution >= 4 is 17.4 Å². The largest absolute Gasteiger partial charge is 0.473 e. The zero-order valence-electron chi connectivity index (χ0n) is 13.6. The van der Waals surface area contributed by atoms with E-state index in [2.05, 4.69) is 20.3 Å². The van der Waals surface area contributed by atoms with Gasteiger partial charge < -0.3 is 10.1 Å². The maximum absolute atomic E-state index is 12.9. The molecule has 11 heteroatoms. The monoisotopic (exact) mass is 396 g/mol. The van der Waals surface area contributed by atoms with Gasteiger partial charge in [-0.1, -0.05) is 11.6 Å². The number of nitrogens with zero attached hydrogens (tertiary/aromatic N) is 3. The molecule has 2 aromatic heterocycles. The minimum Gasteiger partial charge on any atom is -0.473 e. The molecule has 2 heterocycles. The quantitative estimate of drug-likeness (QED) is 0.719. The molecule has 26 heavy (non-hydrogen) atoms. The highest BCUT2D eigenvalue weighted by Gasteiger charge is 2.30. The topological polar surface area (TPSA) is 59.9 Å². The van der Waals surface area contributed by atoms with Crippen LogP contribution in [0.15, 0.2) is 18.3 Å². The molecule has 0 unspecified atom stereocenters. The highest BCUT2D eigenvalue weighted by atomic mass is 35.5. The van der Waals surface area contributed by atoms with Crippen LogP contribution >= 0.6 is 11.6 Å². The Bertz CT molecular complexity index is 755. The second kappa shape index (κ2) is 7.98. The van der Waals surface area contributed by atoms with Crippen molar-refractivity contribution in [1.82, 2.24) is 15.0 Å². The number of hydrogen-bond acceptors (Lipinski definition) is 5. The number of alkyl halides is 5. The van der Waals surface area contributed by atoms with Crippen molar-refractivity contribution in [3.05, 3.63) is 40.4 Å². The minimum absolute atomic E-state index is 0.00876. The maximum atomic E-state index is 12.9. The molecule has 2 rings (SSSR count). The molecule has 2 aromatic rings. The van der Waals surface area contributed by atoms with E-state index in [-0.39, 0.29) is 29.1 Å². The van der Waals surface area contributed by atoms with E-state index < -0.39 is 30.0 Å². The van der Waals surface area contributed by atoms with Crippen molar-refractivity contribution < 1.29 is 26.7 Å². The van der Waals surface area contributed by atoms with E-state index in [1.165, 1.54) is 6.92 Å². The van der Waals surface area contributed by atoms with Gasteiger partial charge in [-0.05, 0) is 19.9 Å². The number of pyridine rings is 1. The molecule has 0 aliphatic carbocycles. The maximum Gasteiger partial charge on any atom is 0.417 e. The lowest BCUT2D eigenvalue weighted by Gasteiger charge is -2.17. The van der Waals surface area contributed by atoms with E-state index in [1.807, 2.05) is 0 Å². The first-order valence-corrected chi connectivity index (χ1v) is 7.71. The van der Waals surface area contributed by atoms with Gasteiger partial charge in [-0.2, -0.15) is 13.2 Å². The number of aromatic nitrogens is 3. The Morgan fingerprint density at radius 3 is 2.46 bits per heavy atom. The molecule has 0 radical (unpaired) electrons. The van der Waals surface area contributed by atoms with E-state index in [0.29, 0.717) is 6.20 Å².